The summed E-state index contributed by atoms with van der Waals surface area (Å²) in [6.45, 7) is 8.27. The summed E-state index contributed by atoms with van der Waals surface area (Å²) < 4.78 is 1.30. The normalized spacial score (nSPS) is 19.1. The number of carbonyl (C=O) groups is 1. The van der Waals surface area contributed by atoms with Crippen molar-refractivity contribution in [3.8, 4) is 0 Å². The molecule has 0 aliphatic carbocycles. The third-order valence-corrected chi connectivity index (χ3v) is 5.38. The van der Waals surface area contributed by atoms with Gasteiger partial charge in [0.05, 0.1) is 0 Å². The fourth-order valence-corrected chi connectivity index (χ4v) is 3.79. The van der Waals surface area contributed by atoms with Gasteiger partial charge in [-0.15, -0.1) is 0 Å². The molecule has 1 aliphatic rings. The third-order valence-electron chi connectivity index (χ3n) is 3.52. The van der Waals surface area contributed by atoms with Crippen LogP contribution in [0.5, 0.6) is 0 Å². The van der Waals surface area contributed by atoms with E-state index < -0.39 is 0 Å². The van der Waals surface area contributed by atoms with E-state index in [1.54, 1.807) is 6.92 Å². The summed E-state index contributed by atoms with van der Waals surface area (Å²) >= 11 is 5.47. The summed E-state index contributed by atoms with van der Waals surface area (Å²) in [5, 5.41) is 0. The Morgan fingerprint density at radius 2 is 2.11 bits per heavy atom. The smallest absolute Gasteiger partial charge is 0.161 e. The molecule has 1 heterocycles. The molecule has 0 unspecified atom stereocenters. The van der Waals surface area contributed by atoms with Gasteiger partial charge in [-0.3, -0.25) is 4.79 Å². The summed E-state index contributed by atoms with van der Waals surface area (Å²) in [6.07, 6.45) is 1.14. The average Bonchev–Trinajstić information content (AvgIpc) is 2.50. The molecule has 0 atom stereocenters. The molecule has 1 aromatic rings. The van der Waals surface area contributed by atoms with Crippen molar-refractivity contribution in [3.63, 3.8) is 0 Å². The van der Waals surface area contributed by atoms with E-state index in [0.29, 0.717) is 4.75 Å². The first-order chi connectivity index (χ1) is 8.89. The molecule has 1 fully saturated rings. The van der Waals surface area contributed by atoms with E-state index >= 15 is 0 Å². The van der Waals surface area contributed by atoms with Crippen LogP contribution in [0.1, 0.15) is 37.6 Å². The van der Waals surface area contributed by atoms with E-state index in [-0.39, 0.29) is 5.78 Å². The minimum atomic E-state index is 0.132. The van der Waals surface area contributed by atoms with Crippen molar-refractivity contribution >= 4 is 39.2 Å². The van der Waals surface area contributed by atoms with Gasteiger partial charge in [0.15, 0.2) is 5.78 Å². The highest BCUT2D eigenvalue weighted by Crippen LogP contribution is 2.34. The molecular formula is C15H20BrNOS. The SMILES string of the molecule is CC(=O)c1cc(Br)ccc1N1CCSC(C)(C)CC1. The second-order valence-electron chi connectivity index (χ2n) is 5.56. The average molecular weight is 342 g/mol. The molecule has 0 radical (unpaired) electrons. The number of benzene rings is 1. The predicted molar refractivity (Wildman–Crippen MR) is 87.5 cm³/mol. The lowest BCUT2D eigenvalue weighted by Crippen LogP contribution is -2.28. The highest BCUT2D eigenvalue weighted by molar-refractivity contribution is 9.10. The zero-order valence-electron chi connectivity index (χ0n) is 11.7. The molecular weight excluding hydrogens is 322 g/mol. The molecule has 0 N–H and O–H groups in total. The quantitative estimate of drug-likeness (QED) is 0.744. The monoisotopic (exact) mass is 341 g/mol. The minimum Gasteiger partial charge on any atom is -0.370 e. The molecule has 0 spiro atoms. The van der Waals surface area contributed by atoms with Crippen molar-refractivity contribution < 1.29 is 4.79 Å². The van der Waals surface area contributed by atoms with Crippen LogP contribution in [0, 0.1) is 0 Å². The molecule has 0 amide bonds. The summed E-state index contributed by atoms with van der Waals surface area (Å²) in [5.41, 5.74) is 1.90. The van der Waals surface area contributed by atoms with Gasteiger partial charge in [0.25, 0.3) is 0 Å². The molecule has 2 rings (SSSR count). The largest absolute Gasteiger partial charge is 0.370 e. The zero-order valence-corrected chi connectivity index (χ0v) is 14.1. The fourth-order valence-electron chi connectivity index (χ4n) is 2.33. The molecule has 1 saturated heterocycles. The molecule has 1 aromatic carbocycles. The van der Waals surface area contributed by atoms with Crippen LogP contribution in [0.15, 0.2) is 22.7 Å². The van der Waals surface area contributed by atoms with Crippen molar-refractivity contribution in [1.82, 2.24) is 0 Å². The maximum Gasteiger partial charge on any atom is 0.161 e. The fraction of sp³-hybridized carbons (Fsp3) is 0.533. The molecule has 104 valence electrons. The predicted octanol–water partition coefficient (Wildman–Crippen LogP) is 4.37. The van der Waals surface area contributed by atoms with E-state index in [9.17, 15) is 4.79 Å². The van der Waals surface area contributed by atoms with Gasteiger partial charge >= 0.3 is 0 Å². The number of thioether (sulfide) groups is 1. The number of carbonyl (C=O) groups excluding carboxylic acids is 1. The first-order valence-electron chi connectivity index (χ1n) is 6.58. The second kappa shape index (κ2) is 5.88. The van der Waals surface area contributed by atoms with Crippen molar-refractivity contribution in [2.75, 3.05) is 23.7 Å². The molecule has 19 heavy (non-hydrogen) atoms. The van der Waals surface area contributed by atoms with Crippen molar-refractivity contribution in [1.29, 1.82) is 0 Å². The van der Waals surface area contributed by atoms with Gasteiger partial charge in [-0.25, -0.2) is 0 Å². The lowest BCUT2D eigenvalue weighted by molar-refractivity contribution is 0.101. The lowest BCUT2D eigenvalue weighted by Gasteiger charge is -2.26. The second-order valence-corrected chi connectivity index (χ2v) is 8.28. The number of hydrogen-bond acceptors (Lipinski definition) is 3. The maximum absolute atomic E-state index is 11.8. The third kappa shape index (κ3) is 3.76. The number of rotatable bonds is 2. The zero-order chi connectivity index (χ0) is 14.0. The molecule has 0 bridgehead atoms. The Hall–Kier alpha value is -0.480. The number of halogens is 1. The highest BCUT2D eigenvalue weighted by Gasteiger charge is 2.25. The molecule has 2 nitrogen and oxygen atoms in total. The number of hydrogen-bond donors (Lipinski definition) is 0. The van der Waals surface area contributed by atoms with Crippen LogP contribution in [0.4, 0.5) is 5.69 Å². The van der Waals surface area contributed by atoms with Gasteiger partial charge in [-0.2, -0.15) is 11.8 Å². The standard InChI is InChI=1S/C15H20BrNOS/c1-11(18)13-10-12(16)4-5-14(13)17-7-6-15(2,3)19-9-8-17/h4-5,10H,6-9H2,1-3H3. The van der Waals surface area contributed by atoms with Crippen LogP contribution in [-0.2, 0) is 0 Å². The van der Waals surface area contributed by atoms with Gasteiger partial charge in [-0.1, -0.05) is 29.8 Å². The minimum absolute atomic E-state index is 0.132. The first kappa shape index (κ1) is 14.9. The van der Waals surface area contributed by atoms with Crippen molar-refractivity contribution in [2.45, 2.75) is 31.9 Å². The van der Waals surface area contributed by atoms with Crippen LogP contribution in [0.3, 0.4) is 0 Å². The van der Waals surface area contributed by atoms with E-state index in [1.807, 2.05) is 23.9 Å². The lowest BCUT2D eigenvalue weighted by atomic mass is 10.1. The van der Waals surface area contributed by atoms with Crippen LogP contribution < -0.4 is 4.90 Å². The number of ketones is 1. The highest BCUT2D eigenvalue weighted by atomic mass is 79.9. The number of Topliss-reactive ketones (excluding diaryl/α,β-unsaturated/α-hetero) is 1. The molecule has 4 heteroatoms. The summed E-state index contributed by atoms with van der Waals surface area (Å²) in [6, 6.07) is 6.01. The molecule has 1 aliphatic heterocycles. The van der Waals surface area contributed by atoms with Gasteiger partial charge in [0.2, 0.25) is 0 Å². The molecule has 0 saturated carbocycles. The Balaban J connectivity index is 2.29. The Kier molecular flexibility index (Phi) is 4.62. The van der Waals surface area contributed by atoms with Crippen LogP contribution >= 0.6 is 27.7 Å². The maximum atomic E-state index is 11.8. The Labute approximate surface area is 128 Å². The Bertz CT molecular complexity index is 487. The van der Waals surface area contributed by atoms with Crippen LogP contribution in [0.2, 0.25) is 0 Å². The first-order valence-corrected chi connectivity index (χ1v) is 8.36. The number of nitrogens with zero attached hydrogens (tertiary/aromatic N) is 1. The summed E-state index contributed by atoms with van der Waals surface area (Å²) in [7, 11) is 0. The van der Waals surface area contributed by atoms with E-state index in [4.69, 9.17) is 0 Å². The van der Waals surface area contributed by atoms with Crippen molar-refractivity contribution in [3.05, 3.63) is 28.2 Å². The Morgan fingerprint density at radius 3 is 2.79 bits per heavy atom. The summed E-state index contributed by atoms with van der Waals surface area (Å²) in [4.78, 5) is 14.2. The van der Waals surface area contributed by atoms with Crippen LogP contribution in [0.25, 0.3) is 0 Å². The van der Waals surface area contributed by atoms with E-state index in [0.717, 1.165) is 41.0 Å². The van der Waals surface area contributed by atoms with Gasteiger partial charge < -0.3 is 4.90 Å². The van der Waals surface area contributed by atoms with Gasteiger partial charge in [-0.05, 0) is 31.5 Å². The topological polar surface area (TPSA) is 20.3 Å². The molecule has 0 aromatic heterocycles. The van der Waals surface area contributed by atoms with Crippen molar-refractivity contribution in [2.24, 2.45) is 0 Å². The van der Waals surface area contributed by atoms with Gasteiger partial charge in [0.1, 0.15) is 0 Å². The number of anilines is 1. The Morgan fingerprint density at radius 1 is 1.37 bits per heavy atom. The van der Waals surface area contributed by atoms with E-state index in [2.05, 4.69) is 40.7 Å². The van der Waals surface area contributed by atoms with Crippen LogP contribution in [-0.4, -0.2) is 29.4 Å². The summed E-state index contributed by atoms with van der Waals surface area (Å²) in [5.74, 6) is 1.24. The van der Waals surface area contributed by atoms with E-state index in [1.165, 1.54) is 0 Å². The van der Waals surface area contributed by atoms with Gasteiger partial charge in [0, 0.05) is 39.3 Å².